The van der Waals surface area contributed by atoms with Crippen molar-refractivity contribution in [1.82, 2.24) is 5.32 Å². The van der Waals surface area contributed by atoms with Gasteiger partial charge in [-0.2, -0.15) is 0 Å². The van der Waals surface area contributed by atoms with E-state index in [9.17, 15) is 14.7 Å². The predicted molar refractivity (Wildman–Crippen MR) is 94.1 cm³/mol. The number of carboxylic acid groups (broad SMARTS) is 2. The van der Waals surface area contributed by atoms with Crippen LogP contribution in [0.5, 0.6) is 5.75 Å². The van der Waals surface area contributed by atoms with Crippen LogP contribution in [0.3, 0.4) is 0 Å². The van der Waals surface area contributed by atoms with Crippen molar-refractivity contribution in [2.45, 2.75) is 18.9 Å². The number of benzene rings is 1. The van der Waals surface area contributed by atoms with Gasteiger partial charge in [-0.25, -0.2) is 9.59 Å². The molecule has 1 aromatic rings. The molecule has 136 valence electrons. The third kappa shape index (κ3) is 5.49. The molecule has 25 heavy (non-hydrogen) atoms. The largest absolute Gasteiger partial charge is 0.493 e. The van der Waals surface area contributed by atoms with Crippen LogP contribution in [-0.2, 0) is 9.59 Å². The van der Waals surface area contributed by atoms with Crippen molar-refractivity contribution < 1.29 is 24.5 Å². The number of carbonyl (C=O) groups is 2. The molecule has 2 unspecified atom stereocenters. The van der Waals surface area contributed by atoms with E-state index in [1.807, 2.05) is 43.3 Å². The summed E-state index contributed by atoms with van der Waals surface area (Å²) in [5, 5.41) is 21.2. The quantitative estimate of drug-likeness (QED) is 0.644. The van der Waals surface area contributed by atoms with Crippen LogP contribution < -0.4 is 15.0 Å². The number of piperidine rings is 1. The summed E-state index contributed by atoms with van der Waals surface area (Å²) in [5.74, 6) is -1.53. The molecule has 0 bridgehead atoms. The number of rotatable bonds is 7. The average molecular weight is 348 g/mol. The average Bonchev–Trinajstić information content (AvgIpc) is 2.58. The number of hydrogen-bond donors (Lipinski definition) is 3. The van der Waals surface area contributed by atoms with E-state index < -0.39 is 18.0 Å². The van der Waals surface area contributed by atoms with Crippen molar-refractivity contribution in [2.24, 2.45) is 5.92 Å². The summed E-state index contributed by atoms with van der Waals surface area (Å²) in [7, 11) is 3.94. The second-order valence-electron chi connectivity index (χ2n) is 6.34. The Labute approximate surface area is 146 Å². The first-order valence-corrected chi connectivity index (χ1v) is 8.18. The van der Waals surface area contributed by atoms with Gasteiger partial charge in [-0.15, -0.1) is 0 Å². The van der Waals surface area contributed by atoms with Crippen LogP contribution in [0.2, 0.25) is 0 Å². The van der Waals surface area contributed by atoms with Gasteiger partial charge in [0.1, 0.15) is 5.75 Å². The first-order valence-electron chi connectivity index (χ1n) is 8.18. The van der Waals surface area contributed by atoms with Gasteiger partial charge in [0.05, 0.1) is 12.2 Å². The molecule has 1 saturated heterocycles. The van der Waals surface area contributed by atoms with E-state index in [1.165, 1.54) is 0 Å². The Morgan fingerprint density at radius 1 is 1.28 bits per heavy atom. The summed E-state index contributed by atoms with van der Waals surface area (Å²) < 4.78 is 5.82. The lowest BCUT2D eigenvalue weighted by molar-refractivity contribution is -0.135. The normalized spacial score (nSPS) is 20.8. The van der Waals surface area contributed by atoms with Crippen molar-refractivity contribution in [3.8, 4) is 5.75 Å². The zero-order valence-corrected chi connectivity index (χ0v) is 14.4. The predicted octanol–water partition coefficient (Wildman–Crippen LogP) is 1.60. The topological polar surface area (TPSA) is 99.1 Å². The first kappa shape index (κ1) is 18.8. The zero-order valence-electron chi connectivity index (χ0n) is 14.4. The summed E-state index contributed by atoms with van der Waals surface area (Å²) >= 11 is 0. The summed E-state index contributed by atoms with van der Waals surface area (Å²) in [6, 6.07) is 7.27. The van der Waals surface area contributed by atoms with Crippen LogP contribution in [-0.4, -0.2) is 55.4 Å². The minimum atomic E-state index is -1.25. The van der Waals surface area contributed by atoms with Gasteiger partial charge in [0.2, 0.25) is 0 Å². The molecule has 1 heterocycles. The van der Waals surface area contributed by atoms with Crippen molar-refractivity contribution in [2.75, 3.05) is 32.1 Å². The molecule has 0 aromatic heterocycles. The minimum absolute atomic E-state index is 0.118. The Bertz CT molecular complexity index is 639. The smallest absolute Gasteiger partial charge is 0.333 e. The van der Waals surface area contributed by atoms with E-state index in [0.29, 0.717) is 19.6 Å². The maximum absolute atomic E-state index is 11.3. The molecule has 0 amide bonds. The van der Waals surface area contributed by atoms with E-state index in [-0.39, 0.29) is 11.5 Å². The second kappa shape index (κ2) is 8.53. The molecule has 1 aromatic carbocycles. The summed E-state index contributed by atoms with van der Waals surface area (Å²) in [6.07, 6.45) is 2.15. The number of nitrogens with one attached hydrogen (secondary N) is 1. The highest BCUT2D eigenvalue weighted by molar-refractivity contribution is 5.95. The molecular weight excluding hydrogens is 324 g/mol. The number of ether oxygens (including phenoxy) is 1. The van der Waals surface area contributed by atoms with Crippen LogP contribution in [0.1, 0.15) is 12.8 Å². The molecular formula is C18H24N2O5. The summed E-state index contributed by atoms with van der Waals surface area (Å²) in [6.45, 7) is 1.10. The number of carboxylic acids is 2. The number of hydrogen-bond acceptors (Lipinski definition) is 5. The Kier molecular flexibility index (Phi) is 6.41. The highest BCUT2D eigenvalue weighted by Gasteiger charge is 2.28. The highest BCUT2D eigenvalue weighted by Crippen LogP contribution is 2.23. The monoisotopic (exact) mass is 348 g/mol. The van der Waals surface area contributed by atoms with Gasteiger partial charge < -0.3 is 25.2 Å². The van der Waals surface area contributed by atoms with E-state index in [1.54, 1.807) is 0 Å². The molecule has 0 saturated carbocycles. The number of nitrogens with zero attached hydrogens (tertiary/aromatic N) is 1. The van der Waals surface area contributed by atoms with Gasteiger partial charge in [0.15, 0.2) is 0 Å². The maximum atomic E-state index is 11.3. The molecule has 2 atom stereocenters. The van der Waals surface area contributed by atoms with Gasteiger partial charge in [-0.3, -0.25) is 0 Å². The maximum Gasteiger partial charge on any atom is 0.333 e. The Morgan fingerprint density at radius 2 is 1.96 bits per heavy atom. The van der Waals surface area contributed by atoms with Crippen molar-refractivity contribution in [3.63, 3.8) is 0 Å². The zero-order chi connectivity index (χ0) is 18.4. The second-order valence-corrected chi connectivity index (χ2v) is 6.34. The SMILES string of the molecule is CN(C)c1ccc(OCC2CCNC(/C(=C/C(=O)O)C(=O)O)C2)cc1. The highest BCUT2D eigenvalue weighted by atomic mass is 16.5. The Balaban J connectivity index is 1.94. The van der Waals surface area contributed by atoms with Crippen LogP contribution in [0.15, 0.2) is 35.9 Å². The molecule has 2 rings (SSSR count). The van der Waals surface area contributed by atoms with Crippen LogP contribution in [0.4, 0.5) is 5.69 Å². The van der Waals surface area contributed by atoms with Crippen LogP contribution >= 0.6 is 0 Å². The van der Waals surface area contributed by atoms with Gasteiger partial charge in [0, 0.05) is 31.9 Å². The Hall–Kier alpha value is -2.54. The first-order chi connectivity index (χ1) is 11.9. The standard InChI is InChI=1S/C18H24N2O5/c1-20(2)13-3-5-14(6-4-13)25-11-12-7-8-19-16(9-12)15(18(23)24)10-17(21)22/h3-6,10,12,16,19H,7-9,11H2,1-2H3,(H,21,22)(H,23,24)/b15-10-. The minimum Gasteiger partial charge on any atom is -0.493 e. The van der Waals surface area contributed by atoms with E-state index in [2.05, 4.69) is 5.32 Å². The molecule has 7 nitrogen and oxygen atoms in total. The van der Waals surface area contributed by atoms with E-state index >= 15 is 0 Å². The molecule has 1 aliphatic rings. The van der Waals surface area contributed by atoms with Crippen LogP contribution in [0, 0.1) is 5.92 Å². The molecule has 0 radical (unpaired) electrons. The molecule has 1 aliphatic heterocycles. The summed E-state index contributed by atoms with van der Waals surface area (Å²) in [5.41, 5.74) is 0.965. The number of aliphatic carboxylic acids is 2. The molecule has 1 fully saturated rings. The van der Waals surface area contributed by atoms with Crippen molar-refractivity contribution in [1.29, 1.82) is 0 Å². The third-order valence-electron chi connectivity index (χ3n) is 4.25. The van der Waals surface area contributed by atoms with Gasteiger partial charge in [-0.1, -0.05) is 0 Å². The van der Waals surface area contributed by atoms with E-state index in [4.69, 9.17) is 9.84 Å². The van der Waals surface area contributed by atoms with Gasteiger partial charge in [0.25, 0.3) is 0 Å². The fourth-order valence-electron chi connectivity index (χ4n) is 2.88. The molecule has 7 heteroatoms. The van der Waals surface area contributed by atoms with E-state index in [0.717, 1.165) is 23.9 Å². The summed E-state index contributed by atoms with van der Waals surface area (Å²) in [4.78, 5) is 24.1. The number of anilines is 1. The van der Waals surface area contributed by atoms with Crippen LogP contribution in [0.25, 0.3) is 0 Å². The van der Waals surface area contributed by atoms with Crippen molar-refractivity contribution in [3.05, 3.63) is 35.9 Å². The lowest BCUT2D eigenvalue weighted by Crippen LogP contribution is -2.42. The molecule has 3 N–H and O–H groups in total. The third-order valence-corrected chi connectivity index (χ3v) is 4.25. The molecule has 0 spiro atoms. The Morgan fingerprint density at radius 3 is 2.52 bits per heavy atom. The lowest BCUT2D eigenvalue weighted by Gasteiger charge is -2.30. The fourth-order valence-corrected chi connectivity index (χ4v) is 2.88. The van der Waals surface area contributed by atoms with Crippen molar-refractivity contribution >= 4 is 17.6 Å². The van der Waals surface area contributed by atoms with Gasteiger partial charge in [-0.05, 0) is 49.6 Å². The molecule has 0 aliphatic carbocycles. The fraction of sp³-hybridized carbons (Fsp3) is 0.444. The lowest BCUT2D eigenvalue weighted by atomic mass is 9.89. The van der Waals surface area contributed by atoms with Gasteiger partial charge >= 0.3 is 11.9 Å².